The molecule has 2 aromatic carbocycles. The lowest BCUT2D eigenvalue weighted by molar-refractivity contribution is -0.146. The summed E-state index contributed by atoms with van der Waals surface area (Å²) in [6, 6.07) is 8.76. The molecule has 0 aromatic heterocycles. The van der Waals surface area contributed by atoms with Crippen LogP contribution in [0.25, 0.3) is 0 Å². The second-order valence-corrected chi connectivity index (χ2v) is 6.61. The number of esters is 1. The van der Waals surface area contributed by atoms with Crippen molar-refractivity contribution in [3.05, 3.63) is 52.6 Å². The van der Waals surface area contributed by atoms with Crippen LogP contribution in [0.2, 0.25) is 0 Å². The monoisotopic (exact) mass is 383 g/mol. The van der Waals surface area contributed by atoms with Gasteiger partial charge in [0.05, 0.1) is 12.1 Å². The minimum Gasteiger partial charge on any atom is -0.455 e. The Morgan fingerprint density at radius 2 is 1.75 bits per heavy atom. The molecule has 1 N–H and O–H groups in total. The molecule has 7 nitrogen and oxygen atoms in total. The number of ether oxygens (including phenoxy) is 3. The summed E-state index contributed by atoms with van der Waals surface area (Å²) in [5.41, 5.74) is 3.62. The Bertz CT molecular complexity index is 950. The maximum absolute atomic E-state index is 12.2. The van der Waals surface area contributed by atoms with Crippen molar-refractivity contribution in [2.75, 3.05) is 18.7 Å². The second-order valence-electron chi connectivity index (χ2n) is 6.61. The Labute approximate surface area is 162 Å². The predicted octanol–water partition coefficient (Wildman–Crippen LogP) is 2.96. The average molecular weight is 383 g/mol. The predicted molar refractivity (Wildman–Crippen MR) is 102 cm³/mol. The summed E-state index contributed by atoms with van der Waals surface area (Å²) in [5, 5.41) is 2.58. The molecule has 0 saturated heterocycles. The number of rotatable bonds is 6. The normalized spacial score (nSPS) is 11.8. The molecule has 0 atom stereocenters. The Balaban J connectivity index is 1.59. The number of hydrogen-bond donors (Lipinski definition) is 1. The third kappa shape index (κ3) is 4.49. The maximum atomic E-state index is 12.2. The van der Waals surface area contributed by atoms with Crippen molar-refractivity contribution in [1.29, 1.82) is 0 Å². The molecular weight excluding hydrogens is 362 g/mol. The molecule has 28 heavy (non-hydrogen) atoms. The zero-order valence-corrected chi connectivity index (χ0v) is 16.0. The van der Waals surface area contributed by atoms with E-state index in [0.29, 0.717) is 17.1 Å². The van der Waals surface area contributed by atoms with Gasteiger partial charge in [-0.3, -0.25) is 14.4 Å². The molecule has 3 rings (SSSR count). The van der Waals surface area contributed by atoms with Gasteiger partial charge in [-0.2, -0.15) is 0 Å². The standard InChI is InChI=1S/C21H21NO6/c1-12-4-5-15(6-13(12)2)7-21(25)26-10-20(24)22-17-9-19-18(27-11-28-19)8-16(17)14(3)23/h4-6,8-9H,7,10-11H2,1-3H3,(H,22,24). The number of carbonyl (C=O) groups excluding carboxylic acids is 3. The van der Waals surface area contributed by atoms with Gasteiger partial charge >= 0.3 is 5.97 Å². The van der Waals surface area contributed by atoms with Gasteiger partial charge in [0.25, 0.3) is 5.91 Å². The van der Waals surface area contributed by atoms with Crippen LogP contribution in [0.1, 0.15) is 34.0 Å². The molecule has 1 amide bonds. The van der Waals surface area contributed by atoms with Gasteiger partial charge in [-0.05, 0) is 43.5 Å². The Kier molecular flexibility index (Phi) is 5.63. The minimum atomic E-state index is -0.546. The van der Waals surface area contributed by atoms with Crippen LogP contribution in [0.15, 0.2) is 30.3 Å². The smallest absolute Gasteiger partial charge is 0.310 e. The number of hydrogen-bond acceptors (Lipinski definition) is 6. The van der Waals surface area contributed by atoms with E-state index in [-0.39, 0.29) is 24.7 Å². The molecular formula is C21H21NO6. The van der Waals surface area contributed by atoms with Crippen molar-refractivity contribution in [3.8, 4) is 11.5 Å². The van der Waals surface area contributed by atoms with E-state index < -0.39 is 18.5 Å². The third-order valence-electron chi connectivity index (χ3n) is 4.45. The van der Waals surface area contributed by atoms with E-state index in [9.17, 15) is 14.4 Å². The second kappa shape index (κ2) is 8.12. The maximum Gasteiger partial charge on any atom is 0.310 e. The van der Waals surface area contributed by atoms with Crippen LogP contribution >= 0.6 is 0 Å². The zero-order chi connectivity index (χ0) is 20.3. The lowest BCUT2D eigenvalue weighted by atomic mass is 10.0. The van der Waals surface area contributed by atoms with Crippen molar-refractivity contribution < 1.29 is 28.6 Å². The van der Waals surface area contributed by atoms with Gasteiger partial charge in [0.15, 0.2) is 23.9 Å². The summed E-state index contributed by atoms with van der Waals surface area (Å²) in [5.74, 6) is -0.402. The summed E-state index contributed by atoms with van der Waals surface area (Å²) >= 11 is 0. The fourth-order valence-electron chi connectivity index (χ4n) is 2.80. The van der Waals surface area contributed by atoms with Crippen LogP contribution in [-0.4, -0.2) is 31.1 Å². The molecule has 146 valence electrons. The zero-order valence-electron chi connectivity index (χ0n) is 16.0. The van der Waals surface area contributed by atoms with E-state index in [1.165, 1.54) is 19.1 Å². The topological polar surface area (TPSA) is 90.9 Å². The fourth-order valence-corrected chi connectivity index (χ4v) is 2.80. The Morgan fingerprint density at radius 1 is 1.04 bits per heavy atom. The van der Waals surface area contributed by atoms with Crippen molar-refractivity contribution in [3.63, 3.8) is 0 Å². The molecule has 1 aliphatic rings. The minimum absolute atomic E-state index is 0.0557. The van der Waals surface area contributed by atoms with E-state index in [4.69, 9.17) is 14.2 Å². The molecule has 1 heterocycles. The number of benzene rings is 2. The summed E-state index contributed by atoms with van der Waals surface area (Å²) in [6.45, 7) is 4.95. The highest BCUT2D eigenvalue weighted by Crippen LogP contribution is 2.37. The number of anilines is 1. The Morgan fingerprint density at radius 3 is 2.43 bits per heavy atom. The van der Waals surface area contributed by atoms with Crippen LogP contribution in [0.4, 0.5) is 5.69 Å². The quantitative estimate of drug-likeness (QED) is 0.609. The van der Waals surface area contributed by atoms with Crippen LogP contribution < -0.4 is 14.8 Å². The first-order valence-corrected chi connectivity index (χ1v) is 8.79. The van der Waals surface area contributed by atoms with Gasteiger partial charge in [0, 0.05) is 11.6 Å². The summed E-state index contributed by atoms with van der Waals surface area (Å²) in [6.07, 6.45) is 0.0805. The SMILES string of the molecule is CC(=O)c1cc2c(cc1NC(=O)COC(=O)Cc1ccc(C)c(C)c1)OCO2. The molecule has 2 aromatic rings. The van der Waals surface area contributed by atoms with Crippen molar-refractivity contribution in [2.24, 2.45) is 0 Å². The number of Topliss-reactive ketones (excluding diaryl/α,β-unsaturated/α-hetero) is 1. The lowest BCUT2D eigenvalue weighted by Crippen LogP contribution is -2.22. The number of amides is 1. The Hall–Kier alpha value is -3.35. The molecule has 0 aliphatic carbocycles. The molecule has 0 radical (unpaired) electrons. The largest absolute Gasteiger partial charge is 0.455 e. The molecule has 7 heteroatoms. The van der Waals surface area contributed by atoms with Gasteiger partial charge in [0.2, 0.25) is 6.79 Å². The van der Waals surface area contributed by atoms with Gasteiger partial charge in [0.1, 0.15) is 0 Å². The first kappa shape index (κ1) is 19.4. The highest BCUT2D eigenvalue weighted by molar-refractivity contribution is 6.05. The molecule has 0 bridgehead atoms. The summed E-state index contributed by atoms with van der Waals surface area (Å²) in [7, 11) is 0. The highest BCUT2D eigenvalue weighted by atomic mass is 16.7. The van der Waals surface area contributed by atoms with Crippen LogP contribution in [0.5, 0.6) is 11.5 Å². The van der Waals surface area contributed by atoms with Gasteiger partial charge < -0.3 is 19.5 Å². The van der Waals surface area contributed by atoms with Gasteiger partial charge in [-0.25, -0.2) is 0 Å². The lowest BCUT2D eigenvalue weighted by Gasteiger charge is -2.11. The molecule has 1 aliphatic heterocycles. The van der Waals surface area contributed by atoms with E-state index in [0.717, 1.165) is 16.7 Å². The van der Waals surface area contributed by atoms with Crippen LogP contribution in [0.3, 0.4) is 0 Å². The fraction of sp³-hybridized carbons (Fsp3) is 0.286. The van der Waals surface area contributed by atoms with Crippen molar-refractivity contribution in [2.45, 2.75) is 27.2 Å². The molecule has 0 fully saturated rings. The summed E-state index contributed by atoms with van der Waals surface area (Å²) < 4.78 is 15.6. The van der Waals surface area contributed by atoms with Gasteiger partial charge in [-0.1, -0.05) is 18.2 Å². The van der Waals surface area contributed by atoms with Crippen LogP contribution in [-0.2, 0) is 20.7 Å². The van der Waals surface area contributed by atoms with Crippen molar-refractivity contribution in [1.82, 2.24) is 0 Å². The number of aryl methyl sites for hydroxylation is 2. The van der Waals surface area contributed by atoms with E-state index in [1.54, 1.807) is 0 Å². The highest BCUT2D eigenvalue weighted by Gasteiger charge is 2.20. The molecule has 0 unspecified atom stereocenters. The van der Waals surface area contributed by atoms with Crippen molar-refractivity contribution >= 4 is 23.3 Å². The van der Waals surface area contributed by atoms with E-state index in [2.05, 4.69) is 5.32 Å². The molecule has 0 saturated carbocycles. The average Bonchev–Trinajstić information content (AvgIpc) is 3.09. The number of fused-ring (bicyclic) bond motifs is 1. The molecule has 0 spiro atoms. The summed E-state index contributed by atoms with van der Waals surface area (Å²) in [4.78, 5) is 36.0. The van der Waals surface area contributed by atoms with E-state index >= 15 is 0 Å². The third-order valence-corrected chi connectivity index (χ3v) is 4.45. The number of carbonyl (C=O) groups is 3. The first-order valence-electron chi connectivity index (χ1n) is 8.79. The van der Waals surface area contributed by atoms with Crippen LogP contribution in [0, 0.1) is 13.8 Å². The number of nitrogens with one attached hydrogen (secondary N) is 1. The van der Waals surface area contributed by atoms with E-state index in [1.807, 2.05) is 32.0 Å². The number of ketones is 1. The first-order chi connectivity index (χ1) is 13.3. The van der Waals surface area contributed by atoms with Gasteiger partial charge in [-0.15, -0.1) is 0 Å².